The van der Waals surface area contributed by atoms with Gasteiger partial charge < -0.3 is 15.0 Å². The van der Waals surface area contributed by atoms with E-state index in [1.807, 2.05) is 42.5 Å². The molecule has 21 heavy (non-hydrogen) atoms. The van der Waals surface area contributed by atoms with Gasteiger partial charge in [0.2, 0.25) is 0 Å². The Morgan fingerprint density at radius 1 is 1.10 bits per heavy atom. The highest BCUT2D eigenvalue weighted by atomic mass is 16.5. The average molecular weight is 281 g/mol. The van der Waals surface area contributed by atoms with Crippen LogP contribution in [0.1, 0.15) is 17.5 Å². The molecule has 0 fully saturated rings. The van der Waals surface area contributed by atoms with Crippen molar-refractivity contribution in [2.75, 3.05) is 13.7 Å². The molecule has 3 aromatic rings. The minimum Gasteiger partial charge on any atom is -0.375 e. The molecule has 1 heterocycles. The maximum absolute atomic E-state index is 5.54. The van der Waals surface area contributed by atoms with Crippen LogP contribution in [0.5, 0.6) is 0 Å². The van der Waals surface area contributed by atoms with Gasteiger partial charge in [0.05, 0.1) is 23.7 Å². The molecule has 0 bridgehead atoms. The highest BCUT2D eigenvalue weighted by molar-refractivity contribution is 5.74. The summed E-state index contributed by atoms with van der Waals surface area (Å²) in [4.78, 5) is 7.86. The quantitative estimate of drug-likeness (QED) is 0.730. The summed E-state index contributed by atoms with van der Waals surface area (Å²) in [7, 11) is 1.74. The Hall–Kier alpha value is -2.17. The SMILES string of the molecule is COC(CNCc1nc2ccccc2[nH]1)c1ccccc1. The van der Waals surface area contributed by atoms with Gasteiger partial charge in [0.15, 0.2) is 0 Å². The Balaban J connectivity index is 1.60. The molecule has 2 aromatic carbocycles. The Labute approximate surface area is 124 Å². The van der Waals surface area contributed by atoms with E-state index in [1.54, 1.807) is 7.11 Å². The number of para-hydroxylation sites is 2. The molecular weight excluding hydrogens is 262 g/mol. The van der Waals surface area contributed by atoms with Crippen LogP contribution in [0.25, 0.3) is 11.0 Å². The summed E-state index contributed by atoms with van der Waals surface area (Å²) < 4.78 is 5.54. The maximum atomic E-state index is 5.54. The van der Waals surface area contributed by atoms with E-state index in [0.29, 0.717) is 6.54 Å². The number of benzene rings is 2. The van der Waals surface area contributed by atoms with Gasteiger partial charge in [0.1, 0.15) is 5.82 Å². The van der Waals surface area contributed by atoms with Crippen molar-refractivity contribution < 1.29 is 4.74 Å². The number of hydrogen-bond acceptors (Lipinski definition) is 3. The number of H-pyrrole nitrogens is 1. The molecule has 0 radical (unpaired) electrons. The Morgan fingerprint density at radius 2 is 1.86 bits per heavy atom. The third-order valence-corrected chi connectivity index (χ3v) is 3.52. The fourth-order valence-electron chi connectivity index (χ4n) is 2.42. The maximum Gasteiger partial charge on any atom is 0.121 e. The molecule has 0 aliphatic heterocycles. The van der Waals surface area contributed by atoms with Crippen LogP contribution in [-0.2, 0) is 11.3 Å². The van der Waals surface area contributed by atoms with E-state index >= 15 is 0 Å². The van der Waals surface area contributed by atoms with Gasteiger partial charge in [-0.1, -0.05) is 42.5 Å². The third kappa shape index (κ3) is 3.29. The van der Waals surface area contributed by atoms with E-state index in [2.05, 4.69) is 27.4 Å². The summed E-state index contributed by atoms with van der Waals surface area (Å²) in [6.45, 7) is 1.44. The summed E-state index contributed by atoms with van der Waals surface area (Å²) in [6, 6.07) is 18.3. The first-order valence-electron chi connectivity index (χ1n) is 7.09. The van der Waals surface area contributed by atoms with Crippen LogP contribution in [0, 0.1) is 0 Å². The lowest BCUT2D eigenvalue weighted by molar-refractivity contribution is 0.102. The topological polar surface area (TPSA) is 49.9 Å². The summed E-state index contributed by atoms with van der Waals surface area (Å²) >= 11 is 0. The molecule has 4 heteroatoms. The summed E-state index contributed by atoms with van der Waals surface area (Å²) in [5, 5.41) is 3.39. The number of rotatable bonds is 6. The van der Waals surface area contributed by atoms with Crippen molar-refractivity contribution in [2.45, 2.75) is 12.6 Å². The largest absolute Gasteiger partial charge is 0.375 e. The lowest BCUT2D eigenvalue weighted by atomic mass is 10.1. The van der Waals surface area contributed by atoms with Crippen LogP contribution >= 0.6 is 0 Å². The molecule has 0 aliphatic carbocycles. The molecule has 0 saturated heterocycles. The van der Waals surface area contributed by atoms with Gasteiger partial charge in [-0.15, -0.1) is 0 Å². The highest BCUT2D eigenvalue weighted by Crippen LogP contribution is 2.15. The van der Waals surface area contributed by atoms with Crippen LogP contribution in [0.2, 0.25) is 0 Å². The first-order chi connectivity index (χ1) is 10.4. The molecule has 0 spiro atoms. The second-order valence-corrected chi connectivity index (χ2v) is 4.97. The van der Waals surface area contributed by atoms with Crippen LogP contribution in [0.4, 0.5) is 0 Å². The minimum atomic E-state index is 0.0515. The number of nitrogens with zero attached hydrogens (tertiary/aromatic N) is 1. The fraction of sp³-hybridized carbons (Fsp3) is 0.235. The molecular formula is C17H19N3O. The Kier molecular flexibility index (Phi) is 4.28. The van der Waals surface area contributed by atoms with Gasteiger partial charge in [-0.05, 0) is 17.7 Å². The van der Waals surface area contributed by atoms with E-state index in [1.165, 1.54) is 5.56 Å². The van der Waals surface area contributed by atoms with E-state index in [-0.39, 0.29) is 6.10 Å². The van der Waals surface area contributed by atoms with Crippen molar-refractivity contribution in [2.24, 2.45) is 0 Å². The number of aromatic nitrogens is 2. The number of hydrogen-bond donors (Lipinski definition) is 2. The van der Waals surface area contributed by atoms with Crippen LogP contribution in [0.15, 0.2) is 54.6 Å². The third-order valence-electron chi connectivity index (χ3n) is 3.52. The zero-order valence-electron chi connectivity index (χ0n) is 12.0. The lowest BCUT2D eigenvalue weighted by Crippen LogP contribution is -2.22. The predicted octanol–water partition coefficient (Wildman–Crippen LogP) is 3.04. The first-order valence-corrected chi connectivity index (χ1v) is 7.09. The van der Waals surface area contributed by atoms with Gasteiger partial charge in [0.25, 0.3) is 0 Å². The van der Waals surface area contributed by atoms with E-state index in [4.69, 9.17) is 4.74 Å². The van der Waals surface area contributed by atoms with Crippen molar-refractivity contribution in [3.8, 4) is 0 Å². The smallest absolute Gasteiger partial charge is 0.121 e. The molecule has 0 saturated carbocycles. The van der Waals surface area contributed by atoms with Crippen molar-refractivity contribution in [1.29, 1.82) is 0 Å². The summed E-state index contributed by atoms with van der Waals surface area (Å²) in [5.74, 6) is 0.944. The van der Waals surface area contributed by atoms with E-state index in [9.17, 15) is 0 Å². The summed E-state index contributed by atoms with van der Waals surface area (Å²) in [5.41, 5.74) is 3.25. The zero-order chi connectivity index (χ0) is 14.5. The number of ether oxygens (including phenoxy) is 1. The van der Waals surface area contributed by atoms with Gasteiger partial charge in [-0.25, -0.2) is 4.98 Å². The van der Waals surface area contributed by atoms with Gasteiger partial charge in [-0.3, -0.25) is 0 Å². The zero-order valence-corrected chi connectivity index (χ0v) is 12.0. The molecule has 3 rings (SSSR count). The minimum absolute atomic E-state index is 0.0515. The van der Waals surface area contributed by atoms with Gasteiger partial charge >= 0.3 is 0 Å². The number of methoxy groups -OCH3 is 1. The van der Waals surface area contributed by atoms with E-state index < -0.39 is 0 Å². The predicted molar refractivity (Wildman–Crippen MR) is 84.0 cm³/mol. The first kappa shape index (κ1) is 13.8. The molecule has 0 amide bonds. The van der Waals surface area contributed by atoms with E-state index in [0.717, 1.165) is 23.4 Å². The van der Waals surface area contributed by atoms with Crippen molar-refractivity contribution >= 4 is 11.0 Å². The van der Waals surface area contributed by atoms with Gasteiger partial charge in [-0.2, -0.15) is 0 Å². The Bertz CT molecular complexity index is 660. The van der Waals surface area contributed by atoms with Gasteiger partial charge in [0, 0.05) is 13.7 Å². The molecule has 4 nitrogen and oxygen atoms in total. The standard InChI is InChI=1S/C17H19N3O/c1-21-16(13-7-3-2-4-8-13)11-18-12-17-19-14-9-5-6-10-15(14)20-17/h2-10,16,18H,11-12H2,1H3,(H,19,20). The monoisotopic (exact) mass is 281 g/mol. The second-order valence-electron chi connectivity index (χ2n) is 4.97. The number of fused-ring (bicyclic) bond motifs is 1. The molecule has 1 unspecified atom stereocenters. The Morgan fingerprint density at radius 3 is 2.62 bits per heavy atom. The molecule has 108 valence electrons. The van der Waals surface area contributed by atoms with Crippen LogP contribution in [-0.4, -0.2) is 23.6 Å². The molecule has 2 N–H and O–H groups in total. The highest BCUT2D eigenvalue weighted by Gasteiger charge is 2.09. The van der Waals surface area contributed by atoms with Crippen molar-refractivity contribution in [3.63, 3.8) is 0 Å². The fourth-order valence-corrected chi connectivity index (χ4v) is 2.42. The number of imidazole rings is 1. The number of aromatic amines is 1. The lowest BCUT2D eigenvalue weighted by Gasteiger charge is -2.16. The van der Waals surface area contributed by atoms with Crippen molar-refractivity contribution in [1.82, 2.24) is 15.3 Å². The second kappa shape index (κ2) is 6.52. The summed E-state index contributed by atoms with van der Waals surface area (Å²) in [6.07, 6.45) is 0.0515. The molecule has 1 atom stereocenters. The normalized spacial score (nSPS) is 12.6. The number of nitrogens with one attached hydrogen (secondary N) is 2. The van der Waals surface area contributed by atoms with Crippen LogP contribution < -0.4 is 5.32 Å². The van der Waals surface area contributed by atoms with Crippen molar-refractivity contribution in [3.05, 3.63) is 66.0 Å². The van der Waals surface area contributed by atoms with Crippen LogP contribution in [0.3, 0.4) is 0 Å². The molecule has 1 aromatic heterocycles. The average Bonchev–Trinajstić information content (AvgIpc) is 2.95. The molecule has 0 aliphatic rings.